The third-order valence-corrected chi connectivity index (χ3v) is 6.09. The fraction of sp³-hybridized carbons (Fsp3) is 0.417. The van der Waals surface area contributed by atoms with E-state index < -0.39 is 0 Å². The summed E-state index contributed by atoms with van der Waals surface area (Å²) in [6, 6.07) is 3.95. The molecular formula is C24H31N7O3. The number of carbonyl (C=O) groups is 2. The summed E-state index contributed by atoms with van der Waals surface area (Å²) in [5.74, 6) is 1.63. The Morgan fingerprint density at radius 1 is 1.12 bits per heavy atom. The maximum atomic E-state index is 12.8. The van der Waals surface area contributed by atoms with Gasteiger partial charge in [0.1, 0.15) is 23.7 Å². The highest BCUT2D eigenvalue weighted by atomic mass is 16.5. The summed E-state index contributed by atoms with van der Waals surface area (Å²) in [5.41, 5.74) is 4.02. The predicted molar refractivity (Wildman–Crippen MR) is 132 cm³/mol. The van der Waals surface area contributed by atoms with Crippen LogP contribution in [0.3, 0.4) is 0 Å². The van der Waals surface area contributed by atoms with Gasteiger partial charge in [-0.15, -0.1) is 0 Å². The van der Waals surface area contributed by atoms with Crippen molar-refractivity contribution in [1.82, 2.24) is 19.8 Å². The molecule has 10 heteroatoms. The minimum absolute atomic E-state index is 0.0628. The Morgan fingerprint density at radius 2 is 1.91 bits per heavy atom. The molecule has 10 nitrogen and oxygen atoms in total. The van der Waals surface area contributed by atoms with Crippen LogP contribution in [0, 0.1) is 0 Å². The molecule has 180 valence electrons. The molecule has 2 aromatic rings. The van der Waals surface area contributed by atoms with Crippen LogP contribution in [0.2, 0.25) is 0 Å². The van der Waals surface area contributed by atoms with Crippen molar-refractivity contribution in [2.24, 2.45) is 0 Å². The zero-order chi connectivity index (χ0) is 24.2. The first kappa shape index (κ1) is 23.5. The van der Waals surface area contributed by atoms with E-state index in [1.807, 2.05) is 31.1 Å². The molecule has 0 spiro atoms. The lowest BCUT2D eigenvalue weighted by atomic mass is 10.0. The Kier molecular flexibility index (Phi) is 6.97. The van der Waals surface area contributed by atoms with Gasteiger partial charge in [-0.05, 0) is 37.1 Å². The van der Waals surface area contributed by atoms with Crippen molar-refractivity contribution >= 4 is 34.7 Å². The first-order valence-corrected chi connectivity index (χ1v) is 11.4. The third kappa shape index (κ3) is 4.81. The van der Waals surface area contributed by atoms with Crippen LogP contribution < -0.4 is 20.7 Å². The van der Waals surface area contributed by atoms with Crippen molar-refractivity contribution in [3.05, 3.63) is 41.4 Å². The van der Waals surface area contributed by atoms with Crippen molar-refractivity contribution in [1.29, 1.82) is 0 Å². The number of likely N-dealkylation sites (N-methyl/N-ethyl adjacent to an activating group) is 2. The molecule has 0 fully saturated rings. The molecule has 0 saturated carbocycles. The molecule has 2 bridgehead atoms. The van der Waals surface area contributed by atoms with E-state index in [0.717, 1.165) is 35.4 Å². The van der Waals surface area contributed by atoms with Crippen molar-refractivity contribution in [2.45, 2.75) is 26.3 Å². The highest BCUT2D eigenvalue weighted by Gasteiger charge is 2.29. The van der Waals surface area contributed by atoms with Crippen LogP contribution >= 0.6 is 0 Å². The zero-order valence-electron chi connectivity index (χ0n) is 20.1. The number of carbonyl (C=O) groups excluding carboxylic acids is 2. The molecule has 2 amide bonds. The summed E-state index contributed by atoms with van der Waals surface area (Å²) in [6.45, 7) is 4.20. The number of aromatic nitrogens is 2. The number of ether oxygens (including phenoxy) is 1. The number of benzene rings is 1. The van der Waals surface area contributed by atoms with Gasteiger partial charge in [-0.3, -0.25) is 14.5 Å². The van der Waals surface area contributed by atoms with Crippen LogP contribution in [0.4, 0.5) is 17.3 Å². The molecular weight excluding hydrogens is 434 g/mol. The minimum atomic E-state index is -0.244. The number of hydrogen-bond acceptors (Lipinski definition) is 8. The van der Waals surface area contributed by atoms with Crippen LogP contribution in [-0.2, 0) is 22.6 Å². The van der Waals surface area contributed by atoms with E-state index in [0.29, 0.717) is 49.0 Å². The van der Waals surface area contributed by atoms with Gasteiger partial charge in [0.25, 0.3) is 5.91 Å². The number of fused-ring (bicyclic) bond motifs is 2. The standard InChI is InChI=1S/C24H31N7O3/c1-5-17-15-9-16(10-19(17)34-4)26-11-18-21-22(27-14-28-23(21)29-24(18)33)25-7-6-8-31(3)20(32)13-30(2)12-15/h9-11,14,26H,5-8,12-13H2,1-4H3,(H2,25,27,28,29,33)/b18-11-. The average Bonchev–Trinajstić information content (AvgIpc) is 3.14. The lowest BCUT2D eigenvalue weighted by Gasteiger charge is -2.24. The van der Waals surface area contributed by atoms with Gasteiger partial charge in [0, 0.05) is 44.6 Å². The van der Waals surface area contributed by atoms with Gasteiger partial charge in [0.2, 0.25) is 5.91 Å². The molecule has 0 unspecified atom stereocenters. The molecule has 2 aliphatic rings. The predicted octanol–water partition coefficient (Wildman–Crippen LogP) is 2.16. The number of hydrogen-bond donors (Lipinski definition) is 3. The number of nitrogens with zero attached hydrogens (tertiary/aromatic N) is 4. The van der Waals surface area contributed by atoms with Gasteiger partial charge in [0.15, 0.2) is 0 Å². The third-order valence-electron chi connectivity index (χ3n) is 6.09. The van der Waals surface area contributed by atoms with E-state index >= 15 is 0 Å². The van der Waals surface area contributed by atoms with E-state index in [1.54, 1.807) is 18.2 Å². The molecule has 34 heavy (non-hydrogen) atoms. The number of amides is 2. The first-order chi connectivity index (χ1) is 16.4. The van der Waals surface area contributed by atoms with Gasteiger partial charge >= 0.3 is 0 Å². The largest absolute Gasteiger partial charge is 0.496 e. The smallest absolute Gasteiger partial charge is 0.259 e. The normalized spacial score (nSPS) is 18.7. The second-order valence-electron chi connectivity index (χ2n) is 8.54. The Balaban J connectivity index is 1.77. The fourth-order valence-corrected chi connectivity index (χ4v) is 4.31. The average molecular weight is 466 g/mol. The number of nitrogens with one attached hydrogen (secondary N) is 3. The maximum absolute atomic E-state index is 12.8. The molecule has 2 aliphatic heterocycles. The summed E-state index contributed by atoms with van der Waals surface area (Å²) < 4.78 is 5.67. The van der Waals surface area contributed by atoms with Crippen LogP contribution in [-0.4, -0.2) is 72.4 Å². The van der Waals surface area contributed by atoms with Gasteiger partial charge < -0.3 is 25.6 Å². The number of anilines is 3. The molecule has 4 rings (SSSR count). The Bertz CT molecular complexity index is 1130. The first-order valence-electron chi connectivity index (χ1n) is 11.4. The highest BCUT2D eigenvalue weighted by Crippen LogP contribution is 2.35. The summed E-state index contributed by atoms with van der Waals surface area (Å²) in [7, 11) is 5.41. The van der Waals surface area contributed by atoms with Crippen LogP contribution in [0.5, 0.6) is 5.75 Å². The zero-order valence-corrected chi connectivity index (χ0v) is 20.1. The van der Waals surface area contributed by atoms with Gasteiger partial charge in [-0.2, -0.15) is 0 Å². The Morgan fingerprint density at radius 3 is 2.68 bits per heavy atom. The molecule has 0 radical (unpaired) electrons. The van der Waals surface area contributed by atoms with Crippen LogP contribution in [0.1, 0.15) is 30.0 Å². The topological polar surface area (TPSA) is 112 Å². The van der Waals surface area contributed by atoms with E-state index in [9.17, 15) is 9.59 Å². The molecule has 0 aliphatic carbocycles. The summed E-state index contributed by atoms with van der Waals surface area (Å²) in [4.78, 5) is 37.8. The van der Waals surface area contributed by atoms with E-state index in [2.05, 4.69) is 32.8 Å². The molecule has 3 heterocycles. The van der Waals surface area contributed by atoms with Gasteiger partial charge in [0.05, 0.1) is 24.8 Å². The van der Waals surface area contributed by atoms with Crippen molar-refractivity contribution in [3.63, 3.8) is 0 Å². The van der Waals surface area contributed by atoms with Crippen molar-refractivity contribution < 1.29 is 14.3 Å². The van der Waals surface area contributed by atoms with Crippen LogP contribution in [0.25, 0.3) is 5.57 Å². The Labute approximate surface area is 199 Å². The summed E-state index contributed by atoms with van der Waals surface area (Å²) in [6.07, 6.45) is 4.64. The van der Waals surface area contributed by atoms with E-state index in [-0.39, 0.29) is 11.8 Å². The van der Waals surface area contributed by atoms with Crippen molar-refractivity contribution in [3.8, 4) is 5.75 Å². The minimum Gasteiger partial charge on any atom is -0.496 e. The summed E-state index contributed by atoms with van der Waals surface area (Å²) in [5, 5.41) is 9.36. The van der Waals surface area contributed by atoms with Gasteiger partial charge in [-0.1, -0.05) is 6.92 Å². The SMILES string of the molecule is CCc1c2cc(cc1OC)N/C=C1\C(=O)Nc3ncnc(c31)NCCCN(C)C(=O)CN(C)C2. The molecule has 1 aromatic heterocycles. The lowest BCUT2D eigenvalue weighted by Crippen LogP contribution is -2.37. The maximum Gasteiger partial charge on any atom is 0.259 e. The monoisotopic (exact) mass is 465 g/mol. The molecule has 0 saturated heterocycles. The number of methoxy groups -OCH3 is 1. The van der Waals surface area contributed by atoms with Crippen molar-refractivity contribution in [2.75, 3.05) is 56.8 Å². The highest BCUT2D eigenvalue weighted by molar-refractivity contribution is 6.32. The fourth-order valence-electron chi connectivity index (χ4n) is 4.31. The molecule has 1 aromatic carbocycles. The van der Waals surface area contributed by atoms with Gasteiger partial charge in [-0.25, -0.2) is 9.97 Å². The quantitative estimate of drug-likeness (QED) is 0.619. The summed E-state index contributed by atoms with van der Waals surface area (Å²) >= 11 is 0. The lowest BCUT2D eigenvalue weighted by molar-refractivity contribution is -0.131. The van der Waals surface area contributed by atoms with E-state index in [1.165, 1.54) is 6.33 Å². The second-order valence-corrected chi connectivity index (χ2v) is 8.54. The second kappa shape index (κ2) is 10.1. The molecule has 0 atom stereocenters. The Hall–Kier alpha value is -3.66. The van der Waals surface area contributed by atoms with Crippen LogP contribution in [0.15, 0.2) is 24.7 Å². The van der Waals surface area contributed by atoms with E-state index in [4.69, 9.17) is 4.74 Å². The molecule has 3 N–H and O–H groups in total. The number of rotatable bonds is 2.